The number of allylic oxidation sites excluding steroid dienone is 1. The third-order valence-electron chi connectivity index (χ3n) is 4.64. The monoisotopic (exact) mass is 337 g/mol. The summed E-state index contributed by atoms with van der Waals surface area (Å²) in [7, 11) is 0. The number of rotatable bonds is 13. The minimum atomic E-state index is -0.340. The van der Waals surface area contributed by atoms with Crippen molar-refractivity contribution in [3.05, 3.63) is 12.7 Å². The predicted octanol–water partition coefficient (Wildman–Crippen LogP) is 4.63. The van der Waals surface area contributed by atoms with Crippen LogP contribution in [-0.2, 0) is 14.3 Å². The maximum absolute atomic E-state index is 12.4. The topological polar surface area (TPSA) is 46.6 Å². The van der Waals surface area contributed by atoms with Crippen LogP contribution in [0.1, 0.15) is 84.0 Å². The Morgan fingerprint density at radius 2 is 1.83 bits per heavy atom. The summed E-state index contributed by atoms with van der Waals surface area (Å²) in [5.41, 5.74) is 0. The molecule has 0 spiro atoms. The van der Waals surface area contributed by atoms with Gasteiger partial charge in [0.1, 0.15) is 6.04 Å². The highest BCUT2D eigenvalue weighted by atomic mass is 16.5. The Morgan fingerprint density at radius 1 is 1.12 bits per heavy atom. The van der Waals surface area contributed by atoms with Gasteiger partial charge in [-0.15, -0.1) is 6.58 Å². The van der Waals surface area contributed by atoms with Gasteiger partial charge in [-0.1, -0.05) is 45.1 Å². The summed E-state index contributed by atoms with van der Waals surface area (Å²) in [6, 6.07) is -0.340. The van der Waals surface area contributed by atoms with Gasteiger partial charge in [0.25, 0.3) is 0 Å². The van der Waals surface area contributed by atoms with E-state index in [0.29, 0.717) is 19.6 Å². The maximum Gasteiger partial charge on any atom is 0.328 e. The number of carbonyl (C=O) groups is 2. The summed E-state index contributed by atoms with van der Waals surface area (Å²) in [5, 5.41) is 0. The second-order valence-electron chi connectivity index (χ2n) is 6.71. The van der Waals surface area contributed by atoms with Crippen molar-refractivity contribution in [2.45, 2.75) is 90.0 Å². The molecule has 4 heteroatoms. The van der Waals surface area contributed by atoms with E-state index in [0.717, 1.165) is 44.9 Å². The highest BCUT2D eigenvalue weighted by molar-refractivity contribution is 5.85. The van der Waals surface area contributed by atoms with E-state index in [-0.39, 0.29) is 17.9 Å². The highest BCUT2D eigenvalue weighted by Gasteiger charge is 2.34. The molecular weight excluding hydrogens is 302 g/mol. The van der Waals surface area contributed by atoms with Crippen LogP contribution >= 0.6 is 0 Å². The van der Waals surface area contributed by atoms with Gasteiger partial charge in [0.2, 0.25) is 5.91 Å². The second-order valence-corrected chi connectivity index (χ2v) is 6.71. The molecule has 1 amide bonds. The number of amides is 1. The van der Waals surface area contributed by atoms with Gasteiger partial charge in [-0.25, -0.2) is 4.79 Å². The van der Waals surface area contributed by atoms with Crippen LogP contribution in [0.4, 0.5) is 0 Å². The summed E-state index contributed by atoms with van der Waals surface area (Å²) >= 11 is 0. The molecule has 0 saturated carbocycles. The van der Waals surface area contributed by atoms with E-state index in [4.69, 9.17) is 4.74 Å². The van der Waals surface area contributed by atoms with Gasteiger partial charge in [-0.05, 0) is 38.5 Å². The zero-order valence-electron chi connectivity index (χ0n) is 15.4. The van der Waals surface area contributed by atoms with Gasteiger partial charge in [-0.2, -0.15) is 0 Å². The largest absolute Gasteiger partial charge is 0.464 e. The summed E-state index contributed by atoms with van der Waals surface area (Å²) in [6.45, 7) is 6.97. The Morgan fingerprint density at radius 3 is 2.54 bits per heavy atom. The van der Waals surface area contributed by atoms with E-state index in [1.165, 1.54) is 25.7 Å². The van der Waals surface area contributed by atoms with Crippen molar-refractivity contribution in [1.29, 1.82) is 0 Å². The number of ether oxygens (including phenoxy) is 1. The molecule has 4 nitrogen and oxygen atoms in total. The molecule has 0 aliphatic carbocycles. The molecule has 1 atom stereocenters. The quantitative estimate of drug-likeness (QED) is 0.280. The molecule has 24 heavy (non-hydrogen) atoms. The average Bonchev–Trinajstić information content (AvgIpc) is 3.07. The van der Waals surface area contributed by atoms with Gasteiger partial charge in [0, 0.05) is 13.0 Å². The molecule has 0 aromatic rings. The van der Waals surface area contributed by atoms with Crippen molar-refractivity contribution in [3.8, 4) is 0 Å². The number of hydrogen-bond donors (Lipinski definition) is 0. The number of nitrogens with zero attached hydrogens (tertiary/aromatic N) is 1. The molecule has 1 unspecified atom stereocenters. The Bertz CT molecular complexity index is 381. The highest BCUT2D eigenvalue weighted by Crippen LogP contribution is 2.21. The molecule has 0 aromatic heterocycles. The molecule has 1 heterocycles. The zero-order chi connectivity index (χ0) is 17.6. The van der Waals surface area contributed by atoms with Gasteiger partial charge in [-0.3, -0.25) is 4.79 Å². The standard InChI is InChI=1S/C20H35NO3/c1-3-5-7-8-9-10-11-12-15-19(22)21-16-13-14-18(21)20(23)24-17-6-4-2/h3,18H,1,4-17H2,2H3. The van der Waals surface area contributed by atoms with E-state index in [9.17, 15) is 9.59 Å². The fourth-order valence-corrected chi connectivity index (χ4v) is 3.14. The van der Waals surface area contributed by atoms with E-state index >= 15 is 0 Å². The molecule has 1 fully saturated rings. The predicted molar refractivity (Wildman–Crippen MR) is 97.7 cm³/mol. The van der Waals surface area contributed by atoms with Crippen LogP contribution in [-0.4, -0.2) is 36.0 Å². The summed E-state index contributed by atoms with van der Waals surface area (Å²) in [4.78, 5) is 26.2. The van der Waals surface area contributed by atoms with Crippen LogP contribution < -0.4 is 0 Å². The summed E-state index contributed by atoms with van der Waals surface area (Å²) in [6.07, 6.45) is 14.1. The number of likely N-dealkylation sites (tertiary alicyclic amines) is 1. The van der Waals surface area contributed by atoms with Gasteiger partial charge >= 0.3 is 5.97 Å². The van der Waals surface area contributed by atoms with E-state index in [1.54, 1.807) is 4.90 Å². The Hall–Kier alpha value is -1.32. The van der Waals surface area contributed by atoms with Crippen molar-refractivity contribution in [1.82, 2.24) is 4.90 Å². The number of esters is 1. The van der Waals surface area contributed by atoms with Crippen molar-refractivity contribution in [2.24, 2.45) is 0 Å². The van der Waals surface area contributed by atoms with Crippen molar-refractivity contribution < 1.29 is 14.3 Å². The molecule has 138 valence electrons. The lowest BCUT2D eigenvalue weighted by Gasteiger charge is -2.23. The normalized spacial score (nSPS) is 17.0. The molecule has 0 radical (unpaired) electrons. The third-order valence-corrected chi connectivity index (χ3v) is 4.64. The Labute approximate surface area is 147 Å². The van der Waals surface area contributed by atoms with E-state index in [2.05, 4.69) is 13.5 Å². The fourth-order valence-electron chi connectivity index (χ4n) is 3.14. The first kappa shape index (κ1) is 20.7. The van der Waals surface area contributed by atoms with Crippen molar-refractivity contribution >= 4 is 11.9 Å². The number of unbranched alkanes of at least 4 members (excludes halogenated alkanes) is 7. The fraction of sp³-hybridized carbons (Fsp3) is 0.800. The molecule has 0 N–H and O–H groups in total. The van der Waals surface area contributed by atoms with Crippen LogP contribution in [0, 0.1) is 0 Å². The van der Waals surface area contributed by atoms with Crippen LogP contribution in [0.3, 0.4) is 0 Å². The Balaban J connectivity index is 2.18. The van der Waals surface area contributed by atoms with Crippen molar-refractivity contribution in [2.75, 3.05) is 13.2 Å². The lowest BCUT2D eigenvalue weighted by atomic mass is 10.1. The van der Waals surface area contributed by atoms with Gasteiger partial charge < -0.3 is 9.64 Å². The molecule has 1 rings (SSSR count). The van der Waals surface area contributed by atoms with E-state index < -0.39 is 0 Å². The SMILES string of the molecule is C=CCCCCCCCCC(=O)N1CCCC1C(=O)OCCCC. The van der Waals surface area contributed by atoms with Crippen LogP contribution in [0.5, 0.6) is 0 Å². The van der Waals surface area contributed by atoms with Gasteiger partial charge in [0.05, 0.1) is 6.61 Å². The molecule has 1 saturated heterocycles. The second kappa shape index (κ2) is 13.0. The lowest BCUT2D eigenvalue weighted by molar-refractivity contribution is -0.153. The lowest BCUT2D eigenvalue weighted by Crippen LogP contribution is -2.41. The third kappa shape index (κ3) is 7.98. The minimum absolute atomic E-state index is 0.122. The van der Waals surface area contributed by atoms with E-state index in [1.807, 2.05) is 6.08 Å². The minimum Gasteiger partial charge on any atom is -0.464 e. The van der Waals surface area contributed by atoms with Crippen LogP contribution in [0.2, 0.25) is 0 Å². The number of hydrogen-bond acceptors (Lipinski definition) is 3. The zero-order valence-corrected chi connectivity index (χ0v) is 15.4. The van der Waals surface area contributed by atoms with Crippen LogP contribution in [0.15, 0.2) is 12.7 Å². The summed E-state index contributed by atoms with van der Waals surface area (Å²) < 4.78 is 5.30. The summed E-state index contributed by atoms with van der Waals surface area (Å²) in [5.74, 6) is -0.0897. The van der Waals surface area contributed by atoms with Crippen LogP contribution in [0.25, 0.3) is 0 Å². The molecule has 1 aliphatic heterocycles. The number of carbonyl (C=O) groups excluding carboxylic acids is 2. The molecule has 1 aliphatic rings. The first-order valence-corrected chi connectivity index (χ1v) is 9.77. The molecule has 0 bridgehead atoms. The molecule has 0 aromatic carbocycles. The first-order valence-electron chi connectivity index (χ1n) is 9.77. The Kier molecular flexibility index (Phi) is 11.2. The van der Waals surface area contributed by atoms with Crippen molar-refractivity contribution in [3.63, 3.8) is 0 Å². The smallest absolute Gasteiger partial charge is 0.328 e. The first-order chi connectivity index (χ1) is 11.7. The van der Waals surface area contributed by atoms with Gasteiger partial charge in [0.15, 0.2) is 0 Å². The average molecular weight is 338 g/mol. The molecular formula is C20H35NO3. The maximum atomic E-state index is 12.4.